The summed E-state index contributed by atoms with van der Waals surface area (Å²) in [5.74, 6) is -2.53. The van der Waals surface area contributed by atoms with E-state index in [0.29, 0.717) is 41.2 Å². The lowest BCUT2D eigenvalue weighted by molar-refractivity contribution is -0.301. The van der Waals surface area contributed by atoms with E-state index in [9.17, 15) is 9.18 Å². The van der Waals surface area contributed by atoms with E-state index in [1.54, 1.807) is 71.0 Å². The molecule has 2 atom stereocenters. The number of benzene rings is 4. The summed E-state index contributed by atoms with van der Waals surface area (Å²) in [6.45, 7) is 13.2. The minimum atomic E-state index is -1.05. The van der Waals surface area contributed by atoms with E-state index in [0.717, 1.165) is 5.56 Å². The molecule has 0 saturated carbocycles. The van der Waals surface area contributed by atoms with Gasteiger partial charge in [0.25, 0.3) is 5.91 Å². The van der Waals surface area contributed by atoms with Gasteiger partial charge in [0.1, 0.15) is 23.8 Å². The number of hydrogen-bond acceptors (Lipinski definition) is 6. The number of aromatic nitrogens is 1. The number of amides is 1. The zero-order chi connectivity index (χ0) is 44.4. The molecule has 1 aliphatic heterocycles. The molecular weight excluding hydrogens is 708 g/mol. The molecule has 6 rings (SSSR count). The number of rotatable bonds is 13. The van der Waals surface area contributed by atoms with Crippen molar-refractivity contribution in [3.05, 3.63) is 132 Å². The number of anilines is 1. The number of nitrogens with zero attached hydrogens (tertiary/aromatic N) is 1. The summed E-state index contributed by atoms with van der Waals surface area (Å²) in [6, 6.07) is 19.5. The highest BCUT2D eigenvalue weighted by atomic mass is 19.1. The molecule has 1 saturated heterocycles. The normalized spacial score (nSPS) is 18.0. The molecule has 0 aliphatic carbocycles. The number of carbonyl (C=O) groups excluding carboxylic acids is 2. The van der Waals surface area contributed by atoms with Crippen molar-refractivity contribution >= 4 is 17.6 Å². The minimum Gasteiger partial charge on any atom is -0.487 e. The van der Waals surface area contributed by atoms with Crippen LogP contribution in [0.3, 0.4) is 0 Å². The number of halogens is 1. The van der Waals surface area contributed by atoms with Crippen LogP contribution in [-0.2, 0) is 32.2 Å². The van der Waals surface area contributed by atoms with Gasteiger partial charge in [-0.05, 0) is 100 Å². The number of ether oxygens (including phenoxy) is 4. The highest BCUT2D eigenvalue weighted by molar-refractivity contribution is 6.13. The molecule has 4 aromatic carbocycles. The standard InChI is InChI=1S/C47H53FN2O6/c1-31(2)43-42(45(52)49-38-20-14-15-21-39(38)53-30-32-16-10-8-11-17-32)41(33-18-12-9-13-19-33)44(34-22-24-35(48)25-23-34)50(43)27-26-36-28-37(55-47(6,7)54-36)29-40(51)56-46(3,4)5/h8-25,31,36-37H,26-30H2,1-7H3,(H,49,52)/i9D,12D,13D,18D,19D. The van der Waals surface area contributed by atoms with Gasteiger partial charge >= 0.3 is 5.97 Å². The number of nitrogens with one attached hydrogen (secondary N) is 1. The number of para-hydroxylation sites is 2. The van der Waals surface area contributed by atoms with Crippen LogP contribution in [0.4, 0.5) is 10.1 Å². The first-order valence-electron chi connectivity index (χ1n) is 21.5. The lowest BCUT2D eigenvalue weighted by Crippen LogP contribution is -2.46. The van der Waals surface area contributed by atoms with Crippen LogP contribution in [0.1, 0.15) is 102 Å². The molecule has 8 nitrogen and oxygen atoms in total. The second-order valence-electron chi connectivity index (χ2n) is 15.7. The first-order valence-corrected chi connectivity index (χ1v) is 19.0. The van der Waals surface area contributed by atoms with Crippen molar-refractivity contribution in [3.63, 3.8) is 0 Å². The predicted molar refractivity (Wildman–Crippen MR) is 218 cm³/mol. The maximum absolute atomic E-state index is 15.1. The van der Waals surface area contributed by atoms with Crippen LogP contribution >= 0.6 is 0 Å². The van der Waals surface area contributed by atoms with Gasteiger partial charge in [0.05, 0.1) is 42.4 Å². The van der Waals surface area contributed by atoms with E-state index >= 15 is 4.79 Å². The minimum absolute atomic E-state index is 0.0165. The Morgan fingerprint density at radius 3 is 2.27 bits per heavy atom. The highest BCUT2D eigenvalue weighted by Gasteiger charge is 2.38. The summed E-state index contributed by atoms with van der Waals surface area (Å²) in [5.41, 5.74) is 1.94. The summed E-state index contributed by atoms with van der Waals surface area (Å²) >= 11 is 0. The highest BCUT2D eigenvalue weighted by Crippen LogP contribution is 2.43. The lowest BCUT2D eigenvalue weighted by Gasteiger charge is -2.41. The zero-order valence-electron chi connectivity index (χ0n) is 38.0. The fourth-order valence-electron chi connectivity index (χ4n) is 7.21. The third-order valence-corrected chi connectivity index (χ3v) is 9.23. The van der Waals surface area contributed by atoms with Crippen molar-refractivity contribution < 1.29 is 39.8 Å². The number of esters is 1. The Balaban J connectivity index is 1.51. The second-order valence-corrected chi connectivity index (χ2v) is 15.7. The average Bonchev–Trinajstić information content (AvgIpc) is 3.52. The van der Waals surface area contributed by atoms with Crippen LogP contribution in [0.25, 0.3) is 22.4 Å². The molecular formula is C47H53FN2O6. The van der Waals surface area contributed by atoms with Gasteiger partial charge in [0, 0.05) is 24.2 Å². The number of hydrogen-bond donors (Lipinski definition) is 1. The van der Waals surface area contributed by atoms with Crippen LogP contribution in [0.15, 0.2) is 109 Å². The first kappa shape index (κ1) is 34.0. The largest absolute Gasteiger partial charge is 0.487 e. The van der Waals surface area contributed by atoms with E-state index < -0.39 is 71.5 Å². The van der Waals surface area contributed by atoms with Crippen molar-refractivity contribution in [3.8, 4) is 28.1 Å². The van der Waals surface area contributed by atoms with E-state index in [-0.39, 0.29) is 42.2 Å². The van der Waals surface area contributed by atoms with Gasteiger partial charge in [-0.3, -0.25) is 9.59 Å². The fraction of sp³-hybridized carbons (Fsp3) is 0.362. The molecule has 56 heavy (non-hydrogen) atoms. The van der Waals surface area contributed by atoms with E-state index in [2.05, 4.69) is 5.32 Å². The predicted octanol–water partition coefficient (Wildman–Crippen LogP) is 10.9. The zero-order valence-corrected chi connectivity index (χ0v) is 33.0. The Morgan fingerprint density at radius 2 is 1.59 bits per heavy atom. The molecule has 1 amide bonds. The molecule has 294 valence electrons. The van der Waals surface area contributed by atoms with Gasteiger partial charge in [-0.25, -0.2) is 4.39 Å². The fourth-order valence-corrected chi connectivity index (χ4v) is 7.21. The van der Waals surface area contributed by atoms with Crippen LogP contribution in [0, 0.1) is 5.82 Å². The maximum atomic E-state index is 15.1. The van der Waals surface area contributed by atoms with Gasteiger partial charge in [-0.2, -0.15) is 0 Å². The Hall–Kier alpha value is -5.25. The third-order valence-electron chi connectivity index (χ3n) is 9.23. The second kappa shape index (κ2) is 17.3. The molecule has 1 aliphatic rings. The Kier molecular flexibility index (Phi) is 10.5. The van der Waals surface area contributed by atoms with Crippen molar-refractivity contribution in [2.75, 3.05) is 5.32 Å². The summed E-state index contributed by atoms with van der Waals surface area (Å²) in [7, 11) is 0. The summed E-state index contributed by atoms with van der Waals surface area (Å²) in [5, 5.41) is 3.03. The summed E-state index contributed by atoms with van der Waals surface area (Å²) < 4.78 is 84.9. The van der Waals surface area contributed by atoms with Gasteiger partial charge in [-0.15, -0.1) is 0 Å². The Bertz CT molecular complexity index is 2370. The van der Waals surface area contributed by atoms with Gasteiger partial charge in [0.15, 0.2) is 5.79 Å². The Morgan fingerprint density at radius 1 is 0.929 bits per heavy atom. The van der Waals surface area contributed by atoms with Crippen LogP contribution in [-0.4, -0.2) is 40.0 Å². The third kappa shape index (κ3) is 10.1. The molecule has 0 spiro atoms. The molecule has 0 bridgehead atoms. The molecule has 2 unspecified atom stereocenters. The lowest BCUT2D eigenvalue weighted by atomic mass is 9.94. The molecule has 5 aromatic rings. The average molecular weight is 766 g/mol. The van der Waals surface area contributed by atoms with Crippen molar-refractivity contribution in [1.82, 2.24) is 4.57 Å². The molecule has 1 aromatic heterocycles. The maximum Gasteiger partial charge on any atom is 0.308 e. The number of carbonyl (C=O) groups is 2. The summed E-state index contributed by atoms with van der Waals surface area (Å²) in [4.78, 5) is 28.0. The van der Waals surface area contributed by atoms with Crippen molar-refractivity contribution in [1.29, 1.82) is 0 Å². The molecule has 9 heteroatoms. The SMILES string of the molecule is [2H]c1c([2H])c([2H])c(-c2c(C(=O)Nc3ccccc3OCc3ccccc3)c(C(C)C)n(CCC3CC(CC(=O)OC(C)(C)C)OC(C)(C)O3)c2-c2ccc(F)cc2)c([2H])c1[2H]. The molecule has 1 N–H and O–H groups in total. The topological polar surface area (TPSA) is 88.0 Å². The van der Waals surface area contributed by atoms with Crippen molar-refractivity contribution in [2.45, 2.75) is 110 Å². The quantitative estimate of drug-likeness (QED) is 0.120. The molecule has 1 fully saturated rings. The van der Waals surface area contributed by atoms with E-state index in [1.807, 2.05) is 48.7 Å². The van der Waals surface area contributed by atoms with Gasteiger partial charge in [0.2, 0.25) is 0 Å². The Labute approximate surface area is 337 Å². The molecule has 0 radical (unpaired) electrons. The van der Waals surface area contributed by atoms with Crippen LogP contribution in [0.5, 0.6) is 5.75 Å². The molecule has 2 heterocycles. The summed E-state index contributed by atoms with van der Waals surface area (Å²) in [6.07, 6.45) is -0.216. The van der Waals surface area contributed by atoms with Crippen molar-refractivity contribution in [2.24, 2.45) is 0 Å². The first-order chi connectivity index (χ1) is 28.7. The van der Waals surface area contributed by atoms with Gasteiger partial charge < -0.3 is 28.8 Å². The van der Waals surface area contributed by atoms with Crippen LogP contribution < -0.4 is 10.1 Å². The van der Waals surface area contributed by atoms with Gasteiger partial charge in [-0.1, -0.05) is 86.5 Å². The smallest absolute Gasteiger partial charge is 0.308 e. The monoisotopic (exact) mass is 765 g/mol. The van der Waals surface area contributed by atoms with E-state index in [4.69, 9.17) is 25.8 Å². The van der Waals surface area contributed by atoms with Crippen LogP contribution in [0.2, 0.25) is 0 Å². The van der Waals surface area contributed by atoms with E-state index in [1.165, 1.54) is 12.1 Å².